The molecule has 0 unspecified atom stereocenters. The average Bonchev–Trinajstić information content (AvgIpc) is 2.71. The Kier molecular flexibility index (Phi) is 5.56. The van der Waals surface area contributed by atoms with Crippen LogP contribution >= 0.6 is 23.2 Å². The number of amides is 1. The van der Waals surface area contributed by atoms with E-state index in [0.29, 0.717) is 35.3 Å². The molecule has 3 nitrogen and oxygen atoms in total. The topological polar surface area (TPSA) is 29.5 Å². The third kappa shape index (κ3) is 4.01. The van der Waals surface area contributed by atoms with Gasteiger partial charge in [-0.1, -0.05) is 59.6 Å². The van der Waals surface area contributed by atoms with Crippen LogP contribution in [0.5, 0.6) is 5.75 Å². The van der Waals surface area contributed by atoms with Gasteiger partial charge in [-0.15, -0.1) is 0 Å². The van der Waals surface area contributed by atoms with Crippen molar-refractivity contribution in [1.82, 2.24) is 4.90 Å². The summed E-state index contributed by atoms with van der Waals surface area (Å²) in [4.78, 5) is 14.9. The quantitative estimate of drug-likeness (QED) is 0.533. The fourth-order valence-electron chi connectivity index (χ4n) is 3.41. The van der Waals surface area contributed by atoms with Crippen molar-refractivity contribution in [3.05, 3.63) is 99.0 Å². The maximum atomic E-state index is 13.0. The molecule has 1 aliphatic heterocycles. The Morgan fingerprint density at radius 3 is 2.50 bits per heavy atom. The van der Waals surface area contributed by atoms with E-state index in [1.165, 1.54) is 0 Å². The first-order valence-corrected chi connectivity index (χ1v) is 9.89. The number of rotatable bonds is 5. The maximum Gasteiger partial charge on any atom is 0.254 e. The van der Waals surface area contributed by atoms with Gasteiger partial charge in [0.05, 0.1) is 0 Å². The molecule has 0 aliphatic carbocycles. The minimum Gasteiger partial charge on any atom is -0.489 e. The van der Waals surface area contributed by atoms with Crippen molar-refractivity contribution in [3.8, 4) is 5.75 Å². The second kappa shape index (κ2) is 8.26. The lowest BCUT2D eigenvalue weighted by atomic mass is 9.97. The first kappa shape index (κ1) is 18.9. The van der Waals surface area contributed by atoms with Gasteiger partial charge in [-0.05, 0) is 42.3 Å². The van der Waals surface area contributed by atoms with Gasteiger partial charge in [0, 0.05) is 39.8 Å². The molecule has 5 heteroatoms. The lowest BCUT2D eigenvalue weighted by Crippen LogP contribution is -2.37. The fraction of sp³-hybridized carbons (Fsp3) is 0.174. The first-order valence-electron chi connectivity index (χ1n) is 9.13. The molecule has 0 aromatic heterocycles. The zero-order valence-corrected chi connectivity index (χ0v) is 16.7. The van der Waals surface area contributed by atoms with E-state index >= 15 is 0 Å². The molecule has 3 aromatic carbocycles. The maximum absolute atomic E-state index is 13.0. The Bertz CT molecular complexity index is 1000. The highest BCUT2D eigenvalue weighted by Crippen LogP contribution is 2.30. The van der Waals surface area contributed by atoms with Gasteiger partial charge < -0.3 is 9.64 Å². The Hall–Kier alpha value is -2.49. The van der Waals surface area contributed by atoms with Crippen molar-refractivity contribution in [1.29, 1.82) is 0 Å². The molecule has 0 bridgehead atoms. The molecule has 1 amide bonds. The molecule has 0 spiro atoms. The summed E-state index contributed by atoms with van der Waals surface area (Å²) in [6.45, 7) is 1.60. The van der Waals surface area contributed by atoms with Crippen molar-refractivity contribution >= 4 is 29.1 Å². The monoisotopic (exact) mass is 411 g/mol. The Morgan fingerprint density at radius 2 is 1.71 bits per heavy atom. The molecule has 0 fully saturated rings. The van der Waals surface area contributed by atoms with Crippen LogP contribution in [0.3, 0.4) is 0 Å². The summed E-state index contributed by atoms with van der Waals surface area (Å²) in [6, 6.07) is 20.9. The van der Waals surface area contributed by atoms with Crippen LogP contribution in [0, 0.1) is 0 Å². The highest BCUT2D eigenvalue weighted by molar-refractivity contribution is 6.31. The zero-order chi connectivity index (χ0) is 19.5. The van der Waals surface area contributed by atoms with E-state index in [1.807, 2.05) is 71.6 Å². The van der Waals surface area contributed by atoms with E-state index in [1.54, 1.807) is 0 Å². The highest BCUT2D eigenvalue weighted by atomic mass is 35.5. The molecular weight excluding hydrogens is 393 g/mol. The van der Waals surface area contributed by atoms with Crippen LogP contribution in [0.4, 0.5) is 0 Å². The molecule has 4 rings (SSSR count). The van der Waals surface area contributed by atoms with Crippen LogP contribution in [0.2, 0.25) is 10.0 Å². The number of hydrogen-bond acceptors (Lipinski definition) is 2. The predicted molar refractivity (Wildman–Crippen MR) is 112 cm³/mol. The van der Waals surface area contributed by atoms with Crippen molar-refractivity contribution in [2.75, 3.05) is 6.54 Å². The van der Waals surface area contributed by atoms with Crippen molar-refractivity contribution < 1.29 is 9.53 Å². The van der Waals surface area contributed by atoms with Crippen molar-refractivity contribution in [2.45, 2.75) is 19.6 Å². The largest absolute Gasteiger partial charge is 0.489 e. The average molecular weight is 412 g/mol. The molecule has 1 aliphatic rings. The molecule has 1 heterocycles. The lowest BCUT2D eigenvalue weighted by Gasteiger charge is -2.29. The second-order valence-electron chi connectivity index (χ2n) is 6.77. The molecule has 0 saturated heterocycles. The minimum atomic E-state index is 0.0272. The molecule has 0 N–H and O–H groups in total. The summed E-state index contributed by atoms with van der Waals surface area (Å²) in [5, 5.41) is 1.37. The van der Waals surface area contributed by atoms with Gasteiger partial charge in [0.15, 0.2) is 0 Å². The van der Waals surface area contributed by atoms with Gasteiger partial charge in [0.2, 0.25) is 0 Å². The summed E-state index contributed by atoms with van der Waals surface area (Å²) in [5.74, 6) is 0.774. The number of ether oxygens (including phenoxy) is 1. The van der Waals surface area contributed by atoms with E-state index in [4.69, 9.17) is 27.9 Å². The van der Waals surface area contributed by atoms with Crippen molar-refractivity contribution in [2.24, 2.45) is 0 Å². The Balaban J connectivity index is 1.51. The van der Waals surface area contributed by atoms with Crippen LogP contribution in [-0.2, 0) is 19.6 Å². The molecule has 142 valence electrons. The molecule has 0 atom stereocenters. The smallest absolute Gasteiger partial charge is 0.254 e. The van der Waals surface area contributed by atoms with E-state index in [-0.39, 0.29) is 5.91 Å². The molecule has 3 aromatic rings. The first-order chi connectivity index (χ1) is 13.6. The van der Waals surface area contributed by atoms with Gasteiger partial charge >= 0.3 is 0 Å². The van der Waals surface area contributed by atoms with E-state index in [9.17, 15) is 4.79 Å². The predicted octanol–water partition coefficient (Wildman–Crippen LogP) is 5.77. The lowest BCUT2D eigenvalue weighted by molar-refractivity contribution is 0.0725. The van der Waals surface area contributed by atoms with Crippen LogP contribution in [0.15, 0.2) is 66.7 Å². The van der Waals surface area contributed by atoms with Crippen LogP contribution in [0.1, 0.15) is 27.0 Å². The molecule has 0 radical (unpaired) electrons. The van der Waals surface area contributed by atoms with Gasteiger partial charge in [0.1, 0.15) is 12.4 Å². The highest BCUT2D eigenvalue weighted by Gasteiger charge is 2.26. The number of halogens is 2. The number of nitrogens with zero attached hydrogens (tertiary/aromatic N) is 1. The SMILES string of the molecule is O=C1c2cccc(OCc3ccccc3Cl)c2CCN1Cc1ccc(Cl)cc1. The number of hydrogen-bond donors (Lipinski definition) is 0. The Labute approximate surface area is 174 Å². The van der Waals surface area contributed by atoms with Gasteiger partial charge in [-0.3, -0.25) is 4.79 Å². The van der Waals surface area contributed by atoms with Crippen LogP contribution in [0.25, 0.3) is 0 Å². The second-order valence-corrected chi connectivity index (χ2v) is 7.61. The summed E-state index contributed by atoms with van der Waals surface area (Å²) in [6.07, 6.45) is 0.757. The normalized spacial score (nSPS) is 13.4. The fourth-order valence-corrected chi connectivity index (χ4v) is 3.73. The van der Waals surface area contributed by atoms with Crippen LogP contribution < -0.4 is 4.74 Å². The third-order valence-electron chi connectivity index (χ3n) is 4.91. The summed E-state index contributed by atoms with van der Waals surface area (Å²) >= 11 is 12.2. The van der Waals surface area contributed by atoms with Crippen molar-refractivity contribution in [3.63, 3.8) is 0 Å². The van der Waals surface area contributed by atoms with E-state index in [0.717, 1.165) is 28.9 Å². The minimum absolute atomic E-state index is 0.0272. The van der Waals surface area contributed by atoms with Gasteiger partial charge in [-0.2, -0.15) is 0 Å². The van der Waals surface area contributed by atoms with Gasteiger partial charge in [0.25, 0.3) is 5.91 Å². The number of fused-ring (bicyclic) bond motifs is 1. The number of carbonyl (C=O) groups excluding carboxylic acids is 1. The third-order valence-corrected chi connectivity index (χ3v) is 5.53. The molecule has 28 heavy (non-hydrogen) atoms. The summed E-state index contributed by atoms with van der Waals surface area (Å²) in [7, 11) is 0. The summed E-state index contributed by atoms with van der Waals surface area (Å²) in [5.41, 5.74) is 3.66. The zero-order valence-electron chi connectivity index (χ0n) is 15.2. The molecule has 0 saturated carbocycles. The Morgan fingerprint density at radius 1 is 0.929 bits per heavy atom. The number of carbonyl (C=O) groups is 1. The van der Waals surface area contributed by atoms with Gasteiger partial charge in [-0.25, -0.2) is 0 Å². The number of benzene rings is 3. The summed E-state index contributed by atoms with van der Waals surface area (Å²) < 4.78 is 6.02. The van der Waals surface area contributed by atoms with Crippen LogP contribution in [-0.4, -0.2) is 17.4 Å². The van der Waals surface area contributed by atoms with E-state index in [2.05, 4.69) is 0 Å². The van der Waals surface area contributed by atoms with E-state index < -0.39 is 0 Å². The molecular formula is C23H19Cl2NO2. The standard InChI is InChI=1S/C23H19Cl2NO2/c24-18-10-8-16(9-11-18)14-26-13-12-19-20(23(26)27)5-3-7-22(19)28-15-17-4-1-2-6-21(17)25/h1-11H,12-15H2.